The number of methoxy groups -OCH3 is 1. The summed E-state index contributed by atoms with van der Waals surface area (Å²) in [6, 6.07) is 4.10. The first-order valence-electron chi connectivity index (χ1n) is 6.60. The van der Waals surface area contributed by atoms with Crippen molar-refractivity contribution in [2.75, 3.05) is 7.11 Å². The van der Waals surface area contributed by atoms with E-state index in [4.69, 9.17) is 16.3 Å². The molecule has 0 radical (unpaired) electrons. The Morgan fingerprint density at radius 1 is 1.32 bits per heavy atom. The average molecular weight is 282 g/mol. The lowest BCUT2D eigenvalue weighted by atomic mass is 10.0. The number of pyridine rings is 1. The maximum atomic E-state index is 6.04. The van der Waals surface area contributed by atoms with Crippen molar-refractivity contribution >= 4 is 22.8 Å². The van der Waals surface area contributed by atoms with E-state index in [0.29, 0.717) is 23.7 Å². The average Bonchev–Trinajstić information content (AvgIpc) is 2.77. The molecule has 2 aromatic rings. The minimum absolute atomic E-state index is 0.346. The van der Waals surface area contributed by atoms with Crippen LogP contribution in [0.15, 0.2) is 12.1 Å². The summed E-state index contributed by atoms with van der Waals surface area (Å²) in [6.07, 6.45) is 1.02. The molecule has 0 aliphatic rings. The summed E-state index contributed by atoms with van der Waals surface area (Å²) in [5.74, 6) is 2.37. The Morgan fingerprint density at radius 2 is 2.05 bits per heavy atom. The van der Waals surface area contributed by atoms with Gasteiger partial charge in [0.2, 0.25) is 5.88 Å². The molecule has 0 spiro atoms. The predicted molar refractivity (Wildman–Crippen MR) is 77.8 cm³/mol. The van der Waals surface area contributed by atoms with E-state index in [1.807, 2.05) is 12.1 Å². The first kappa shape index (κ1) is 14.1. The van der Waals surface area contributed by atoms with Gasteiger partial charge in [-0.05, 0) is 18.4 Å². The molecule has 4 nitrogen and oxygen atoms in total. The molecule has 2 rings (SSSR count). The van der Waals surface area contributed by atoms with Crippen molar-refractivity contribution in [3.63, 3.8) is 0 Å². The number of fused-ring (bicyclic) bond motifs is 1. The molecular formula is C14H20ClN3O. The highest BCUT2D eigenvalue weighted by molar-refractivity contribution is 6.16. The Balaban J connectivity index is 2.67. The third kappa shape index (κ3) is 2.54. The topological polar surface area (TPSA) is 39.9 Å². The van der Waals surface area contributed by atoms with Gasteiger partial charge in [-0.3, -0.25) is 0 Å². The van der Waals surface area contributed by atoms with Crippen molar-refractivity contribution in [2.24, 2.45) is 5.92 Å². The van der Waals surface area contributed by atoms with Gasteiger partial charge < -0.3 is 9.30 Å². The fourth-order valence-electron chi connectivity index (χ4n) is 2.51. The molecule has 0 N–H and O–H groups in total. The highest BCUT2D eigenvalue weighted by Crippen LogP contribution is 2.29. The molecule has 19 heavy (non-hydrogen) atoms. The minimum Gasteiger partial charge on any atom is -0.481 e. The fraction of sp³-hybridized carbons (Fsp3) is 0.571. The van der Waals surface area contributed by atoms with Crippen LogP contribution in [0.3, 0.4) is 0 Å². The van der Waals surface area contributed by atoms with Gasteiger partial charge in [0.25, 0.3) is 0 Å². The van der Waals surface area contributed by atoms with E-state index >= 15 is 0 Å². The first-order chi connectivity index (χ1) is 9.12. The second kappa shape index (κ2) is 5.78. The number of ether oxygens (including phenoxy) is 1. The number of imidazole rings is 1. The number of hydrogen-bond donors (Lipinski definition) is 0. The van der Waals surface area contributed by atoms with Crippen LogP contribution < -0.4 is 4.74 Å². The molecule has 0 amide bonds. The summed E-state index contributed by atoms with van der Waals surface area (Å²) in [5.41, 5.74) is 1.73. The van der Waals surface area contributed by atoms with Gasteiger partial charge in [0.1, 0.15) is 11.3 Å². The Morgan fingerprint density at radius 3 is 2.58 bits per heavy atom. The van der Waals surface area contributed by atoms with Gasteiger partial charge in [0.05, 0.1) is 13.0 Å². The molecule has 0 aliphatic heterocycles. The van der Waals surface area contributed by atoms with Gasteiger partial charge in [0, 0.05) is 12.1 Å². The summed E-state index contributed by atoms with van der Waals surface area (Å²) in [6.45, 7) is 6.59. The van der Waals surface area contributed by atoms with E-state index in [1.165, 1.54) is 0 Å². The smallest absolute Gasteiger partial charge is 0.215 e. The van der Waals surface area contributed by atoms with E-state index in [-0.39, 0.29) is 0 Å². The van der Waals surface area contributed by atoms with Crippen LogP contribution >= 0.6 is 11.6 Å². The predicted octanol–water partition coefficient (Wildman–Crippen LogP) is 3.79. The van der Waals surface area contributed by atoms with Crippen molar-refractivity contribution in [1.82, 2.24) is 14.5 Å². The summed E-state index contributed by atoms with van der Waals surface area (Å²) in [7, 11) is 1.62. The lowest BCUT2D eigenvalue weighted by Gasteiger charge is -2.23. The van der Waals surface area contributed by atoms with E-state index in [9.17, 15) is 0 Å². The summed E-state index contributed by atoms with van der Waals surface area (Å²) in [4.78, 5) is 9.10. The van der Waals surface area contributed by atoms with Crippen LogP contribution in [0, 0.1) is 5.92 Å². The zero-order valence-corrected chi connectivity index (χ0v) is 12.6. The molecule has 0 aromatic carbocycles. The second-order valence-corrected chi connectivity index (χ2v) is 5.21. The van der Waals surface area contributed by atoms with Crippen LogP contribution in [0.4, 0.5) is 0 Å². The maximum absolute atomic E-state index is 6.04. The number of nitrogens with zero attached hydrogens (tertiary/aromatic N) is 3. The van der Waals surface area contributed by atoms with E-state index < -0.39 is 0 Å². The summed E-state index contributed by atoms with van der Waals surface area (Å²) in [5, 5.41) is 0. The normalized spacial score (nSPS) is 13.2. The molecule has 2 heterocycles. The highest BCUT2D eigenvalue weighted by Gasteiger charge is 2.21. The number of rotatable bonds is 5. The molecule has 2 aromatic heterocycles. The van der Waals surface area contributed by atoms with Crippen molar-refractivity contribution in [2.45, 2.75) is 39.1 Å². The third-order valence-electron chi connectivity index (χ3n) is 3.43. The standard InChI is InChI=1S/C14H20ClN3O/c1-5-11(9(2)3)18-12(8-15)16-10-6-7-13(19-4)17-14(10)18/h6-7,9,11H,5,8H2,1-4H3. The molecule has 0 saturated heterocycles. The van der Waals surface area contributed by atoms with Crippen molar-refractivity contribution in [3.8, 4) is 5.88 Å². The Hall–Kier alpha value is -1.29. The van der Waals surface area contributed by atoms with E-state index in [2.05, 4.69) is 35.3 Å². The molecule has 0 fully saturated rings. The Labute approximate surface area is 118 Å². The minimum atomic E-state index is 0.346. The van der Waals surface area contributed by atoms with Crippen molar-refractivity contribution in [1.29, 1.82) is 0 Å². The van der Waals surface area contributed by atoms with Gasteiger partial charge in [-0.25, -0.2) is 4.98 Å². The zero-order chi connectivity index (χ0) is 14.0. The molecule has 1 atom stereocenters. The van der Waals surface area contributed by atoms with Gasteiger partial charge in [0.15, 0.2) is 5.65 Å². The SMILES string of the molecule is CCC(C(C)C)n1c(CCl)nc2ccc(OC)nc21. The van der Waals surface area contributed by atoms with Crippen LogP contribution in [-0.2, 0) is 5.88 Å². The van der Waals surface area contributed by atoms with Crippen molar-refractivity contribution < 1.29 is 4.74 Å². The van der Waals surface area contributed by atoms with Crippen molar-refractivity contribution in [3.05, 3.63) is 18.0 Å². The largest absolute Gasteiger partial charge is 0.481 e. The molecular weight excluding hydrogens is 262 g/mol. The monoisotopic (exact) mass is 281 g/mol. The number of hydrogen-bond acceptors (Lipinski definition) is 3. The molecule has 1 unspecified atom stereocenters. The maximum Gasteiger partial charge on any atom is 0.215 e. The fourth-order valence-corrected chi connectivity index (χ4v) is 2.70. The second-order valence-electron chi connectivity index (χ2n) is 4.95. The van der Waals surface area contributed by atoms with Gasteiger partial charge in [-0.15, -0.1) is 11.6 Å². The Bertz CT molecular complexity index is 565. The molecule has 0 aliphatic carbocycles. The number of alkyl halides is 1. The van der Waals surface area contributed by atoms with Crippen LogP contribution in [-0.4, -0.2) is 21.6 Å². The summed E-state index contributed by atoms with van der Waals surface area (Å²) < 4.78 is 7.37. The zero-order valence-electron chi connectivity index (χ0n) is 11.9. The lowest BCUT2D eigenvalue weighted by molar-refractivity contribution is 0.362. The summed E-state index contributed by atoms with van der Waals surface area (Å²) >= 11 is 6.04. The van der Waals surface area contributed by atoms with Crippen LogP contribution in [0.1, 0.15) is 39.1 Å². The van der Waals surface area contributed by atoms with Crippen LogP contribution in [0.25, 0.3) is 11.2 Å². The van der Waals surface area contributed by atoms with E-state index in [1.54, 1.807) is 7.11 Å². The molecule has 5 heteroatoms. The van der Waals surface area contributed by atoms with Gasteiger partial charge >= 0.3 is 0 Å². The first-order valence-corrected chi connectivity index (χ1v) is 7.13. The quantitative estimate of drug-likeness (QED) is 0.783. The third-order valence-corrected chi connectivity index (χ3v) is 3.67. The van der Waals surface area contributed by atoms with Gasteiger partial charge in [-0.1, -0.05) is 20.8 Å². The molecule has 0 saturated carbocycles. The number of aromatic nitrogens is 3. The van der Waals surface area contributed by atoms with Crippen LogP contribution in [0.2, 0.25) is 0 Å². The number of halogens is 1. The highest BCUT2D eigenvalue weighted by atomic mass is 35.5. The molecule has 0 bridgehead atoms. The van der Waals surface area contributed by atoms with E-state index in [0.717, 1.165) is 23.4 Å². The van der Waals surface area contributed by atoms with Crippen LogP contribution in [0.5, 0.6) is 5.88 Å². The molecule has 104 valence electrons. The Kier molecular flexibility index (Phi) is 4.30. The van der Waals surface area contributed by atoms with Gasteiger partial charge in [-0.2, -0.15) is 4.98 Å². The lowest BCUT2D eigenvalue weighted by Crippen LogP contribution is -2.17.